The van der Waals surface area contributed by atoms with Crippen LogP contribution < -0.4 is 0 Å². The van der Waals surface area contributed by atoms with E-state index < -0.39 is 0 Å². The van der Waals surface area contributed by atoms with Gasteiger partial charge in [-0.25, -0.2) is 9.07 Å². The van der Waals surface area contributed by atoms with E-state index in [1.807, 2.05) is 48.9 Å². The van der Waals surface area contributed by atoms with E-state index in [-0.39, 0.29) is 24.2 Å². The van der Waals surface area contributed by atoms with E-state index in [0.717, 1.165) is 47.7 Å². The number of carbonyl (C=O) groups is 1. The highest BCUT2D eigenvalue weighted by atomic mass is 35.5. The smallest absolute Gasteiger partial charge is 0.227 e. The third kappa shape index (κ3) is 5.19. The van der Waals surface area contributed by atoms with Crippen LogP contribution in [0.4, 0.5) is 4.39 Å². The van der Waals surface area contributed by atoms with Crippen molar-refractivity contribution in [3.05, 3.63) is 81.9 Å². The summed E-state index contributed by atoms with van der Waals surface area (Å²) in [5, 5.41) is 5.31. The number of carbonyl (C=O) groups excluding carboxylic acids is 1. The van der Waals surface area contributed by atoms with Gasteiger partial charge in [-0.3, -0.25) is 4.79 Å². The zero-order valence-electron chi connectivity index (χ0n) is 18.4. The quantitative estimate of drug-likeness (QED) is 0.502. The molecule has 1 unspecified atom stereocenters. The van der Waals surface area contributed by atoms with E-state index in [4.69, 9.17) is 16.3 Å². The van der Waals surface area contributed by atoms with E-state index in [1.165, 1.54) is 12.1 Å². The molecule has 5 nitrogen and oxygen atoms in total. The number of ether oxygens (including phenoxy) is 1. The van der Waals surface area contributed by atoms with Crippen molar-refractivity contribution in [2.24, 2.45) is 0 Å². The molecular formula is C25H27ClFN3O2. The van der Waals surface area contributed by atoms with Crippen molar-refractivity contribution >= 4 is 17.5 Å². The number of aromatic nitrogens is 2. The molecule has 0 aliphatic carbocycles. The van der Waals surface area contributed by atoms with Crippen LogP contribution in [-0.2, 0) is 22.5 Å². The van der Waals surface area contributed by atoms with Crippen LogP contribution in [0.15, 0.2) is 48.5 Å². The van der Waals surface area contributed by atoms with Gasteiger partial charge in [0.1, 0.15) is 5.82 Å². The maximum Gasteiger partial charge on any atom is 0.227 e. The molecule has 0 saturated carbocycles. The fourth-order valence-electron chi connectivity index (χ4n) is 4.17. The Kier molecular flexibility index (Phi) is 6.92. The van der Waals surface area contributed by atoms with Crippen molar-refractivity contribution in [2.75, 3.05) is 13.2 Å². The van der Waals surface area contributed by atoms with Crippen molar-refractivity contribution < 1.29 is 13.9 Å². The Labute approximate surface area is 192 Å². The summed E-state index contributed by atoms with van der Waals surface area (Å²) in [5.41, 5.74) is 4.29. The first kappa shape index (κ1) is 22.5. The highest BCUT2D eigenvalue weighted by Crippen LogP contribution is 2.22. The van der Waals surface area contributed by atoms with Gasteiger partial charge in [-0.15, -0.1) is 0 Å². The number of halogens is 2. The van der Waals surface area contributed by atoms with E-state index in [9.17, 15) is 9.18 Å². The number of amides is 1. The topological polar surface area (TPSA) is 47.4 Å². The van der Waals surface area contributed by atoms with Crippen molar-refractivity contribution in [3.63, 3.8) is 0 Å². The van der Waals surface area contributed by atoms with Crippen LogP contribution in [0.5, 0.6) is 0 Å². The Morgan fingerprint density at radius 2 is 2.03 bits per heavy atom. The van der Waals surface area contributed by atoms with Crippen LogP contribution in [-0.4, -0.2) is 39.8 Å². The van der Waals surface area contributed by atoms with Crippen LogP contribution in [0.2, 0.25) is 5.02 Å². The van der Waals surface area contributed by atoms with Crippen LogP contribution in [0.3, 0.4) is 0 Å². The lowest BCUT2D eigenvalue weighted by Gasteiger charge is -2.26. The molecule has 3 aromatic rings. The Balaban J connectivity index is 1.56. The predicted octanol–water partition coefficient (Wildman–Crippen LogP) is 5.03. The molecule has 4 rings (SSSR count). The zero-order valence-corrected chi connectivity index (χ0v) is 19.1. The molecule has 0 N–H and O–H groups in total. The maximum absolute atomic E-state index is 13.7. The second-order valence-electron chi connectivity index (χ2n) is 8.25. The van der Waals surface area contributed by atoms with Crippen molar-refractivity contribution in [2.45, 2.75) is 45.8 Å². The molecule has 32 heavy (non-hydrogen) atoms. The SMILES string of the molecule is Cc1nn(-c2ccc(Cl)cc2)c(C)c1CC(=O)N(Cc1cccc(F)c1)CC1CCCO1. The lowest BCUT2D eigenvalue weighted by atomic mass is 10.1. The van der Waals surface area contributed by atoms with E-state index in [1.54, 1.807) is 11.0 Å². The van der Waals surface area contributed by atoms with Gasteiger partial charge in [-0.2, -0.15) is 5.10 Å². The van der Waals surface area contributed by atoms with Crippen LogP contribution in [0.1, 0.15) is 35.4 Å². The number of hydrogen-bond acceptors (Lipinski definition) is 3. The van der Waals surface area contributed by atoms with Crippen LogP contribution in [0, 0.1) is 19.7 Å². The van der Waals surface area contributed by atoms with Gasteiger partial charge in [-0.1, -0.05) is 23.7 Å². The Morgan fingerprint density at radius 3 is 2.72 bits per heavy atom. The number of benzene rings is 2. The van der Waals surface area contributed by atoms with Crippen molar-refractivity contribution in [3.8, 4) is 5.69 Å². The number of aryl methyl sites for hydroxylation is 1. The average molecular weight is 456 g/mol. The number of nitrogens with zero attached hydrogens (tertiary/aromatic N) is 3. The first-order valence-electron chi connectivity index (χ1n) is 10.9. The molecule has 1 fully saturated rings. The minimum absolute atomic E-state index is 0.0199. The van der Waals surface area contributed by atoms with Gasteiger partial charge >= 0.3 is 0 Å². The monoisotopic (exact) mass is 455 g/mol. The molecule has 0 radical (unpaired) electrons. The van der Waals surface area contributed by atoms with Crippen LogP contribution >= 0.6 is 11.6 Å². The largest absolute Gasteiger partial charge is 0.376 e. The summed E-state index contributed by atoms with van der Waals surface area (Å²) in [6, 6.07) is 13.8. The van der Waals surface area contributed by atoms with Gasteiger partial charge in [0.05, 0.1) is 23.9 Å². The molecule has 168 valence electrons. The molecule has 2 heterocycles. The minimum Gasteiger partial charge on any atom is -0.376 e. The van der Waals surface area contributed by atoms with Gasteiger partial charge in [-0.05, 0) is 68.7 Å². The normalized spacial score (nSPS) is 15.8. The Bertz CT molecular complexity index is 1090. The number of hydrogen-bond donors (Lipinski definition) is 0. The lowest BCUT2D eigenvalue weighted by Crippen LogP contribution is -2.38. The fraction of sp³-hybridized carbons (Fsp3) is 0.360. The van der Waals surface area contributed by atoms with E-state index in [0.29, 0.717) is 18.1 Å². The summed E-state index contributed by atoms with van der Waals surface area (Å²) in [4.78, 5) is 15.2. The molecule has 1 amide bonds. The average Bonchev–Trinajstić information content (AvgIpc) is 3.37. The van der Waals surface area contributed by atoms with E-state index >= 15 is 0 Å². The molecule has 1 atom stereocenters. The second-order valence-corrected chi connectivity index (χ2v) is 8.69. The first-order valence-corrected chi connectivity index (χ1v) is 11.2. The van der Waals surface area contributed by atoms with Crippen molar-refractivity contribution in [1.29, 1.82) is 0 Å². The highest BCUT2D eigenvalue weighted by Gasteiger charge is 2.25. The third-order valence-corrected chi connectivity index (χ3v) is 6.16. The second kappa shape index (κ2) is 9.84. The van der Waals surface area contributed by atoms with Crippen molar-refractivity contribution in [1.82, 2.24) is 14.7 Å². The highest BCUT2D eigenvalue weighted by molar-refractivity contribution is 6.30. The lowest BCUT2D eigenvalue weighted by molar-refractivity contribution is -0.132. The molecule has 0 bridgehead atoms. The van der Waals surface area contributed by atoms with Gasteiger partial charge in [0.25, 0.3) is 0 Å². The first-order chi connectivity index (χ1) is 15.4. The van der Waals surface area contributed by atoms with Gasteiger partial charge in [0.2, 0.25) is 5.91 Å². The minimum atomic E-state index is -0.303. The molecule has 0 spiro atoms. The Hall–Kier alpha value is -2.70. The molecular weight excluding hydrogens is 429 g/mol. The third-order valence-electron chi connectivity index (χ3n) is 5.90. The number of rotatable bonds is 7. The standard InChI is InChI=1S/C25H27ClFN3O2/c1-17-24(18(2)30(28-17)22-10-8-20(26)9-11-22)14-25(31)29(16-23-7-4-12-32-23)15-19-5-3-6-21(27)13-19/h3,5-6,8-11,13,23H,4,7,12,14-16H2,1-2H3. The predicted molar refractivity (Wildman–Crippen MR) is 123 cm³/mol. The van der Waals surface area contributed by atoms with E-state index in [2.05, 4.69) is 5.10 Å². The summed E-state index contributed by atoms with van der Waals surface area (Å²) >= 11 is 6.01. The Morgan fingerprint density at radius 1 is 1.25 bits per heavy atom. The molecule has 1 saturated heterocycles. The summed E-state index contributed by atoms with van der Waals surface area (Å²) in [6.45, 7) is 5.45. The van der Waals surface area contributed by atoms with Gasteiger partial charge < -0.3 is 9.64 Å². The summed E-state index contributed by atoms with van der Waals surface area (Å²) in [7, 11) is 0. The molecule has 1 aromatic heterocycles. The summed E-state index contributed by atoms with van der Waals surface area (Å²) in [6.07, 6.45) is 2.18. The zero-order chi connectivity index (χ0) is 22.7. The molecule has 2 aromatic carbocycles. The fourth-order valence-corrected chi connectivity index (χ4v) is 4.30. The molecule has 1 aliphatic rings. The molecule has 1 aliphatic heterocycles. The van der Waals surface area contributed by atoms with Gasteiger partial charge in [0.15, 0.2) is 0 Å². The summed E-state index contributed by atoms with van der Waals surface area (Å²) < 4.78 is 21.3. The van der Waals surface area contributed by atoms with Crippen LogP contribution in [0.25, 0.3) is 5.69 Å². The summed E-state index contributed by atoms with van der Waals surface area (Å²) in [5.74, 6) is -0.324. The molecule has 7 heteroatoms. The maximum atomic E-state index is 13.7. The van der Waals surface area contributed by atoms with Gasteiger partial charge in [0, 0.05) is 36.0 Å².